The van der Waals surface area contributed by atoms with Crippen LogP contribution in [0.5, 0.6) is 5.75 Å². The van der Waals surface area contributed by atoms with Crippen LogP contribution in [0.4, 0.5) is 0 Å². The van der Waals surface area contributed by atoms with E-state index >= 15 is 0 Å². The average molecular weight is 348 g/mol. The van der Waals surface area contributed by atoms with Crippen LogP contribution < -0.4 is 10.1 Å². The number of nitrogens with one attached hydrogen (secondary N) is 2. The molecule has 1 saturated carbocycles. The maximum absolute atomic E-state index is 12.3. The van der Waals surface area contributed by atoms with E-state index in [4.69, 9.17) is 4.74 Å². The monoisotopic (exact) mass is 348 g/mol. The fraction of sp³-hybridized carbons (Fsp3) is 0.250. The van der Waals surface area contributed by atoms with Crippen LogP contribution in [0.1, 0.15) is 29.6 Å². The van der Waals surface area contributed by atoms with Crippen molar-refractivity contribution >= 4 is 5.91 Å². The summed E-state index contributed by atoms with van der Waals surface area (Å²) in [5.41, 5.74) is 1.23. The lowest BCUT2D eigenvalue weighted by Gasteiger charge is -2.03. The van der Waals surface area contributed by atoms with Crippen molar-refractivity contribution in [2.75, 3.05) is 0 Å². The molecule has 0 bridgehead atoms. The summed E-state index contributed by atoms with van der Waals surface area (Å²) in [6, 6.07) is 19.7. The summed E-state index contributed by atoms with van der Waals surface area (Å²) in [6.07, 6.45) is 0.903. The SMILES string of the molecule is O=C(NCc1n[nH]c(COc2ccccc2)n1)[C@H]1C[C@@H]1c1ccccc1. The predicted molar refractivity (Wildman–Crippen MR) is 96.3 cm³/mol. The number of carbonyl (C=O) groups is 1. The highest BCUT2D eigenvalue weighted by Crippen LogP contribution is 2.47. The second-order valence-electron chi connectivity index (χ2n) is 6.38. The van der Waals surface area contributed by atoms with Gasteiger partial charge >= 0.3 is 0 Å². The summed E-state index contributed by atoms with van der Waals surface area (Å²) in [6.45, 7) is 0.627. The van der Waals surface area contributed by atoms with Crippen molar-refractivity contribution in [3.63, 3.8) is 0 Å². The Morgan fingerprint density at radius 2 is 1.85 bits per heavy atom. The van der Waals surface area contributed by atoms with Gasteiger partial charge in [0.1, 0.15) is 12.4 Å². The number of benzene rings is 2. The summed E-state index contributed by atoms with van der Waals surface area (Å²) >= 11 is 0. The zero-order chi connectivity index (χ0) is 17.8. The highest BCUT2D eigenvalue weighted by Gasteiger charge is 2.43. The van der Waals surface area contributed by atoms with E-state index in [1.165, 1.54) is 5.56 Å². The summed E-state index contributed by atoms with van der Waals surface area (Å²) in [5.74, 6) is 2.41. The molecule has 0 aliphatic heterocycles. The third kappa shape index (κ3) is 3.91. The van der Waals surface area contributed by atoms with Gasteiger partial charge in [0.05, 0.1) is 6.54 Å². The Balaban J connectivity index is 1.24. The Labute approximate surface area is 151 Å². The van der Waals surface area contributed by atoms with Gasteiger partial charge in [0, 0.05) is 5.92 Å². The van der Waals surface area contributed by atoms with Gasteiger partial charge < -0.3 is 10.1 Å². The number of ether oxygens (including phenoxy) is 1. The number of hydrogen-bond donors (Lipinski definition) is 2. The van der Waals surface area contributed by atoms with Gasteiger partial charge in [-0.05, 0) is 30.0 Å². The second-order valence-corrected chi connectivity index (χ2v) is 6.38. The van der Waals surface area contributed by atoms with Gasteiger partial charge in [0.25, 0.3) is 0 Å². The fourth-order valence-corrected chi connectivity index (χ4v) is 3.00. The van der Waals surface area contributed by atoms with Gasteiger partial charge in [-0.15, -0.1) is 0 Å². The number of aromatic amines is 1. The lowest BCUT2D eigenvalue weighted by molar-refractivity contribution is -0.122. The smallest absolute Gasteiger partial charge is 0.224 e. The molecule has 2 atom stereocenters. The van der Waals surface area contributed by atoms with Gasteiger partial charge in [-0.25, -0.2) is 4.98 Å². The Kier molecular flexibility index (Phi) is 4.64. The maximum atomic E-state index is 12.3. The number of carbonyl (C=O) groups excluding carboxylic acids is 1. The number of amides is 1. The summed E-state index contributed by atoms with van der Waals surface area (Å²) in [5, 5.41) is 9.89. The minimum absolute atomic E-state index is 0.0530. The van der Waals surface area contributed by atoms with Crippen molar-refractivity contribution in [3.8, 4) is 5.75 Å². The Hall–Kier alpha value is -3.15. The van der Waals surface area contributed by atoms with Crippen LogP contribution >= 0.6 is 0 Å². The predicted octanol–water partition coefficient (Wildman–Crippen LogP) is 2.80. The number of aromatic nitrogens is 3. The van der Waals surface area contributed by atoms with Crippen LogP contribution in [-0.4, -0.2) is 21.1 Å². The normalized spacial score (nSPS) is 18.3. The molecule has 1 aromatic heterocycles. The molecule has 2 N–H and O–H groups in total. The molecule has 1 fully saturated rings. The molecule has 0 unspecified atom stereocenters. The molecule has 0 spiro atoms. The Bertz CT molecular complexity index is 864. The van der Waals surface area contributed by atoms with E-state index < -0.39 is 0 Å². The molecule has 2 aromatic carbocycles. The van der Waals surface area contributed by atoms with Crippen molar-refractivity contribution in [1.29, 1.82) is 0 Å². The van der Waals surface area contributed by atoms with Crippen molar-refractivity contribution < 1.29 is 9.53 Å². The van der Waals surface area contributed by atoms with Crippen molar-refractivity contribution in [3.05, 3.63) is 77.9 Å². The Morgan fingerprint density at radius 3 is 2.62 bits per heavy atom. The first kappa shape index (κ1) is 16.3. The second kappa shape index (κ2) is 7.39. The van der Waals surface area contributed by atoms with E-state index in [0.29, 0.717) is 30.7 Å². The van der Waals surface area contributed by atoms with Crippen molar-refractivity contribution in [2.45, 2.75) is 25.5 Å². The topological polar surface area (TPSA) is 79.9 Å². The van der Waals surface area contributed by atoms with Gasteiger partial charge in [-0.1, -0.05) is 48.5 Å². The van der Waals surface area contributed by atoms with E-state index in [1.54, 1.807) is 0 Å². The number of H-pyrrole nitrogens is 1. The molecule has 6 nitrogen and oxygen atoms in total. The first-order valence-electron chi connectivity index (χ1n) is 8.70. The van der Waals surface area contributed by atoms with Crippen molar-refractivity contribution in [1.82, 2.24) is 20.5 Å². The molecule has 4 rings (SSSR count). The molecule has 1 aliphatic carbocycles. The van der Waals surface area contributed by atoms with Gasteiger partial charge in [-0.2, -0.15) is 5.10 Å². The molecule has 6 heteroatoms. The summed E-state index contributed by atoms with van der Waals surface area (Å²) in [7, 11) is 0. The Morgan fingerprint density at radius 1 is 1.12 bits per heavy atom. The third-order valence-electron chi connectivity index (χ3n) is 4.47. The van der Waals surface area contributed by atoms with Crippen LogP contribution in [-0.2, 0) is 17.9 Å². The number of nitrogens with zero attached hydrogens (tertiary/aromatic N) is 2. The zero-order valence-electron chi connectivity index (χ0n) is 14.3. The van der Waals surface area contributed by atoms with Crippen LogP contribution in [0.15, 0.2) is 60.7 Å². The minimum atomic E-state index is 0.0530. The summed E-state index contributed by atoms with van der Waals surface area (Å²) < 4.78 is 5.62. The quantitative estimate of drug-likeness (QED) is 0.688. The van der Waals surface area contributed by atoms with Crippen LogP contribution in [0.25, 0.3) is 0 Å². The molecular formula is C20H20N4O2. The molecule has 1 aliphatic rings. The molecule has 132 valence electrons. The number of hydrogen-bond acceptors (Lipinski definition) is 4. The minimum Gasteiger partial charge on any atom is -0.486 e. The van der Waals surface area contributed by atoms with Crippen LogP contribution in [0.3, 0.4) is 0 Å². The van der Waals surface area contributed by atoms with E-state index in [9.17, 15) is 4.79 Å². The first-order chi connectivity index (χ1) is 12.8. The van der Waals surface area contributed by atoms with E-state index in [-0.39, 0.29) is 11.8 Å². The molecule has 1 amide bonds. The standard InChI is InChI=1S/C20H20N4O2/c25-20(17-11-16(17)14-7-3-1-4-8-14)21-12-18-22-19(24-23-18)13-26-15-9-5-2-6-10-15/h1-10,16-17H,11-13H2,(H,21,25)(H,22,23,24)/t16-,17+/m1/s1. The largest absolute Gasteiger partial charge is 0.486 e. The summed E-state index contributed by atoms with van der Waals surface area (Å²) in [4.78, 5) is 16.6. The highest BCUT2D eigenvalue weighted by atomic mass is 16.5. The van der Waals surface area contributed by atoms with E-state index in [2.05, 4.69) is 32.6 Å². The lowest BCUT2D eigenvalue weighted by atomic mass is 10.1. The van der Waals surface area contributed by atoms with Gasteiger partial charge in [0.2, 0.25) is 5.91 Å². The molecule has 26 heavy (non-hydrogen) atoms. The molecule has 0 saturated heterocycles. The van der Waals surface area contributed by atoms with E-state index in [0.717, 1.165) is 12.2 Å². The number of para-hydroxylation sites is 1. The average Bonchev–Trinajstić information content (AvgIpc) is 3.38. The number of rotatable bonds is 7. The molecular weight excluding hydrogens is 328 g/mol. The fourth-order valence-electron chi connectivity index (χ4n) is 3.00. The maximum Gasteiger partial charge on any atom is 0.224 e. The third-order valence-corrected chi connectivity index (χ3v) is 4.47. The van der Waals surface area contributed by atoms with E-state index in [1.807, 2.05) is 48.5 Å². The van der Waals surface area contributed by atoms with Gasteiger partial charge in [-0.3, -0.25) is 9.89 Å². The zero-order valence-corrected chi connectivity index (χ0v) is 14.3. The molecule has 1 heterocycles. The highest BCUT2D eigenvalue weighted by molar-refractivity contribution is 5.82. The van der Waals surface area contributed by atoms with Crippen LogP contribution in [0.2, 0.25) is 0 Å². The lowest BCUT2D eigenvalue weighted by Crippen LogP contribution is -2.25. The molecule has 3 aromatic rings. The first-order valence-corrected chi connectivity index (χ1v) is 8.70. The molecule has 0 radical (unpaired) electrons. The van der Waals surface area contributed by atoms with Crippen molar-refractivity contribution in [2.24, 2.45) is 5.92 Å². The van der Waals surface area contributed by atoms with Gasteiger partial charge in [0.15, 0.2) is 11.6 Å². The van der Waals surface area contributed by atoms with Crippen LogP contribution in [0, 0.1) is 5.92 Å².